The summed E-state index contributed by atoms with van der Waals surface area (Å²) in [5, 5.41) is 1.10. The van der Waals surface area contributed by atoms with Gasteiger partial charge in [-0.05, 0) is 13.1 Å². The van der Waals surface area contributed by atoms with Crippen molar-refractivity contribution < 1.29 is 4.79 Å². The fourth-order valence-electron chi connectivity index (χ4n) is 1.42. The number of aromatic nitrogens is 2. The van der Waals surface area contributed by atoms with Crippen LogP contribution in [0.3, 0.4) is 0 Å². The molecule has 0 aliphatic rings. The number of nitrogens with two attached hydrogens (primary N) is 2. The predicted octanol–water partition coefficient (Wildman–Crippen LogP) is 2.10. The number of hydrogen-bond donors (Lipinski definition) is 2. The molecular formula is C12H19N5OS2. The van der Waals surface area contributed by atoms with Crippen LogP contribution in [0.1, 0.15) is 28.4 Å². The van der Waals surface area contributed by atoms with Gasteiger partial charge in [0.2, 0.25) is 0 Å². The summed E-state index contributed by atoms with van der Waals surface area (Å²) in [5.74, 6) is 0. The quantitative estimate of drug-likeness (QED) is 0.820. The van der Waals surface area contributed by atoms with E-state index in [1.54, 1.807) is 11.3 Å². The Labute approximate surface area is 126 Å². The third-order valence-corrected chi connectivity index (χ3v) is 4.07. The van der Waals surface area contributed by atoms with Crippen molar-refractivity contribution in [3.05, 3.63) is 22.1 Å². The van der Waals surface area contributed by atoms with E-state index >= 15 is 0 Å². The number of hydrogen-bond acceptors (Lipinski definition) is 8. The van der Waals surface area contributed by atoms with E-state index in [0.717, 1.165) is 25.9 Å². The van der Waals surface area contributed by atoms with Crippen molar-refractivity contribution in [2.75, 3.05) is 24.6 Å². The van der Waals surface area contributed by atoms with Crippen molar-refractivity contribution in [3.63, 3.8) is 0 Å². The standard InChI is InChI=1S/C8H15N3S.C4H4N2OS/c1-3-11(4-2)6-7-5-10-8(9)12-7;5-4-6-1-3(2-7)8-4/h5H,3-4,6H2,1-2H3,(H2,9,10);1-2H,(H2,5,6). The molecule has 0 atom stereocenters. The van der Waals surface area contributed by atoms with E-state index in [1.807, 2.05) is 6.20 Å². The minimum Gasteiger partial charge on any atom is -0.375 e. The van der Waals surface area contributed by atoms with Crippen LogP contribution < -0.4 is 11.5 Å². The van der Waals surface area contributed by atoms with Crippen LogP contribution in [0, 0.1) is 0 Å². The van der Waals surface area contributed by atoms with Crippen LogP contribution in [0.15, 0.2) is 12.4 Å². The second-order valence-electron chi connectivity index (χ2n) is 3.84. The summed E-state index contributed by atoms with van der Waals surface area (Å²) in [6.07, 6.45) is 4.04. The lowest BCUT2D eigenvalue weighted by Crippen LogP contribution is -2.21. The van der Waals surface area contributed by atoms with Crippen LogP contribution in [-0.2, 0) is 6.54 Å². The van der Waals surface area contributed by atoms with Gasteiger partial charge in [-0.3, -0.25) is 9.69 Å². The van der Waals surface area contributed by atoms with E-state index in [1.165, 1.54) is 22.4 Å². The highest BCUT2D eigenvalue weighted by Gasteiger charge is 2.03. The second-order valence-corrected chi connectivity index (χ2v) is 6.09. The summed E-state index contributed by atoms with van der Waals surface area (Å²) < 4.78 is 0. The molecule has 8 heteroatoms. The first-order valence-electron chi connectivity index (χ1n) is 6.18. The summed E-state index contributed by atoms with van der Waals surface area (Å²) >= 11 is 2.76. The van der Waals surface area contributed by atoms with Crippen LogP contribution in [0.25, 0.3) is 0 Å². The lowest BCUT2D eigenvalue weighted by Gasteiger charge is -2.15. The van der Waals surface area contributed by atoms with Gasteiger partial charge in [0.25, 0.3) is 0 Å². The number of thiazole rings is 2. The highest BCUT2D eigenvalue weighted by molar-refractivity contribution is 7.16. The van der Waals surface area contributed by atoms with Crippen molar-refractivity contribution >= 4 is 39.2 Å². The maximum absolute atomic E-state index is 9.93. The lowest BCUT2D eigenvalue weighted by molar-refractivity contribution is 0.112. The lowest BCUT2D eigenvalue weighted by atomic mass is 10.4. The van der Waals surface area contributed by atoms with Gasteiger partial charge in [0, 0.05) is 17.6 Å². The summed E-state index contributed by atoms with van der Waals surface area (Å²) in [5.41, 5.74) is 10.7. The highest BCUT2D eigenvalue weighted by Crippen LogP contribution is 2.16. The maximum atomic E-state index is 9.93. The van der Waals surface area contributed by atoms with Gasteiger partial charge in [-0.15, -0.1) is 11.3 Å². The molecule has 0 radical (unpaired) electrons. The number of nitrogens with zero attached hydrogens (tertiary/aromatic N) is 3. The third-order valence-electron chi connectivity index (χ3n) is 2.50. The minimum absolute atomic E-state index is 0.437. The smallest absolute Gasteiger partial charge is 0.180 e. The van der Waals surface area contributed by atoms with Crippen molar-refractivity contribution in [1.29, 1.82) is 0 Å². The molecule has 2 rings (SSSR count). The van der Waals surface area contributed by atoms with Gasteiger partial charge in [-0.2, -0.15) is 0 Å². The molecule has 110 valence electrons. The van der Waals surface area contributed by atoms with E-state index in [4.69, 9.17) is 11.5 Å². The summed E-state index contributed by atoms with van der Waals surface area (Å²) in [6, 6.07) is 0. The number of rotatable bonds is 5. The number of aldehydes is 1. The van der Waals surface area contributed by atoms with Crippen LogP contribution in [0.2, 0.25) is 0 Å². The number of carbonyl (C=O) groups excluding carboxylic acids is 1. The maximum Gasteiger partial charge on any atom is 0.180 e. The van der Waals surface area contributed by atoms with Gasteiger partial charge < -0.3 is 11.5 Å². The molecule has 20 heavy (non-hydrogen) atoms. The largest absolute Gasteiger partial charge is 0.375 e. The molecule has 0 unspecified atom stereocenters. The fraction of sp³-hybridized carbons (Fsp3) is 0.417. The van der Waals surface area contributed by atoms with Gasteiger partial charge >= 0.3 is 0 Å². The zero-order valence-corrected chi connectivity index (χ0v) is 13.2. The monoisotopic (exact) mass is 313 g/mol. The van der Waals surface area contributed by atoms with Crippen LogP contribution in [-0.4, -0.2) is 34.2 Å². The van der Waals surface area contributed by atoms with Gasteiger partial charge in [0.05, 0.1) is 11.1 Å². The SMILES string of the molecule is CCN(CC)Cc1cnc(N)s1.Nc1ncc(C=O)s1. The average molecular weight is 313 g/mol. The molecule has 2 aromatic rings. The van der Waals surface area contributed by atoms with Crippen LogP contribution in [0.4, 0.5) is 10.3 Å². The van der Waals surface area contributed by atoms with Crippen molar-refractivity contribution in [1.82, 2.24) is 14.9 Å². The molecule has 0 amide bonds. The minimum atomic E-state index is 0.437. The van der Waals surface area contributed by atoms with Gasteiger partial charge in [0.15, 0.2) is 16.5 Å². The Morgan fingerprint density at radius 1 is 1.15 bits per heavy atom. The molecule has 6 nitrogen and oxygen atoms in total. The van der Waals surface area contributed by atoms with Gasteiger partial charge in [-0.25, -0.2) is 9.97 Å². The van der Waals surface area contributed by atoms with E-state index in [2.05, 4.69) is 28.7 Å². The van der Waals surface area contributed by atoms with Crippen LogP contribution in [0.5, 0.6) is 0 Å². The molecule has 2 heterocycles. The highest BCUT2D eigenvalue weighted by atomic mass is 32.1. The number of nitrogen functional groups attached to an aromatic ring is 2. The summed E-state index contributed by atoms with van der Waals surface area (Å²) in [4.78, 5) is 21.8. The summed E-state index contributed by atoms with van der Waals surface area (Å²) in [6.45, 7) is 7.45. The zero-order chi connectivity index (χ0) is 15.0. The van der Waals surface area contributed by atoms with E-state index in [0.29, 0.717) is 15.1 Å². The topological polar surface area (TPSA) is 98.1 Å². The Morgan fingerprint density at radius 3 is 2.10 bits per heavy atom. The Morgan fingerprint density at radius 2 is 1.75 bits per heavy atom. The molecule has 0 fully saturated rings. The Kier molecular flexibility index (Phi) is 7.13. The molecule has 4 N–H and O–H groups in total. The average Bonchev–Trinajstić information content (AvgIpc) is 3.05. The molecule has 0 saturated carbocycles. The van der Waals surface area contributed by atoms with Crippen molar-refractivity contribution in [2.24, 2.45) is 0 Å². The van der Waals surface area contributed by atoms with Gasteiger partial charge in [-0.1, -0.05) is 25.2 Å². The van der Waals surface area contributed by atoms with E-state index < -0.39 is 0 Å². The summed E-state index contributed by atoms with van der Waals surface area (Å²) in [7, 11) is 0. The van der Waals surface area contributed by atoms with E-state index in [-0.39, 0.29) is 0 Å². The Bertz CT molecular complexity index is 521. The van der Waals surface area contributed by atoms with Crippen molar-refractivity contribution in [3.8, 4) is 0 Å². The molecular weight excluding hydrogens is 294 g/mol. The van der Waals surface area contributed by atoms with E-state index in [9.17, 15) is 4.79 Å². The Balaban J connectivity index is 0.000000217. The number of anilines is 2. The molecule has 0 spiro atoms. The van der Waals surface area contributed by atoms with Crippen LogP contribution >= 0.6 is 22.7 Å². The number of carbonyl (C=O) groups is 1. The normalized spacial score (nSPS) is 10.2. The first-order chi connectivity index (χ1) is 9.58. The third kappa shape index (κ3) is 5.64. The first-order valence-corrected chi connectivity index (χ1v) is 7.81. The van der Waals surface area contributed by atoms with Crippen molar-refractivity contribution in [2.45, 2.75) is 20.4 Å². The molecule has 0 aromatic carbocycles. The fourth-order valence-corrected chi connectivity index (χ4v) is 2.65. The first kappa shape index (κ1) is 16.5. The predicted molar refractivity (Wildman–Crippen MR) is 85.1 cm³/mol. The zero-order valence-electron chi connectivity index (χ0n) is 11.6. The molecule has 0 aliphatic heterocycles. The molecule has 0 bridgehead atoms. The second kappa shape index (κ2) is 8.62. The van der Waals surface area contributed by atoms with Gasteiger partial charge in [0.1, 0.15) is 0 Å². The molecule has 0 aliphatic carbocycles. The molecule has 0 saturated heterocycles. The molecule has 2 aromatic heterocycles. The Hall–Kier alpha value is -1.51.